The zero-order valence-electron chi connectivity index (χ0n) is 12.8. The molecule has 0 amide bonds. The third kappa shape index (κ3) is 2.24. The Kier molecular flexibility index (Phi) is 3.81. The highest BCUT2D eigenvalue weighted by molar-refractivity contribution is 8.00. The monoisotopic (exact) mass is 331 g/mol. The number of piperidine rings is 1. The Bertz CT molecular complexity index is 675. The molecule has 2 aliphatic heterocycles. The van der Waals surface area contributed by atoms with E-state index in [1.54, 1.807) is 11.3 Å². The minimum Gasteiger partial charge on any atom is -0.380 e. The summed E-state index contributed by atoms with van der Waals surface area (Å²) < 4.78 is 1.29. The van der Waals surface area contributed by atoms with Crippen LogP contribution in [0.5, 0.6) is 0 Å². The lowest BCUT2D eigenvalue weighted by Gasteiger charge is -2.41. The molecule has 0 spiro atoms. The number of aliphatic hydroxyl groups is 1. The van der Waals surface area contributed by atoms with E-state index in [0.29, 0.717) is 5.92 Å². The molecule has 1 aromatic carbocycles. The van der Waals surface area contributed by atoms with Gasteiger partial charge in [-0.05, 0) is 61.5 Å². The largest absolute Gasteiger partial charge is 0.380 e. The van der Waals surface area contributed by atoms with Crippen molar-refractivity contribution in [2.45, 2.75) is 28.4 Å². The van der Waals surface area contributed by atoms with E-state index in [9.17, 15) is 5.11 Å². The van der Waals surface area contributed by atoms with Gasteiger partial charge in [-0.15, -0.1) is 23.1 Å². The van der Waals surface area contributed by atoms with Gasteiger partial charge in [-0.3, -0.25) is 0 Å². The Morgan fingerprint density at radius 2 is 1.91 bits per heavy atom. The average Bonchev–Trinajstić information content (AvgIpc) is 2.98. The van der Waals surface area contributed by atoms with Gasteiger partial charge in [0.2, 0.25) is 0 Å². The minimum atomic E-state index is -0.823. The highest BCUT2D eigenvalue weighted by Gasteiger charge is 2.45. The molecule has 0 aliphatic carbocycles. The molecule has 1 saturated heterocycles. The molecule has 2 aliphatic rings. The molecular formula is C18H21NOS2. The molecule has 4 rings (SSSR count). The third-order valence-corrected chi connectivity index (χ3v) is 7.42. The summed E-state index contributed by atoms with van der Waals surface area (Å²) in [4.78, 5) is 2.37. The zero-order valence-corrected chi connectivity index (χ0v) is 14.4. The molecule has 4 heteroatoms. The molecule has 2 nitrogen and oxygen atoms in total. The van der Waals surface area contributed by atoms with Gasteiger partial charge in [0.05, 0.1) is 4.21 Å². The predicted molar refractivity (Wildman–Crippen MR) is 93.5 cm³/mol. The molecule has 0 saturated carbocycles. The van der Waals surface area contributed by atoms with Crippen LogP contribution in [0.3, 0.4) is 0 Å². The Morgan fingerprint density at radius 3 is 2.73 bits per heavy atom. The normalized spacial score (nSPS) is 26.3. The molecular weight excluding hydrogens is 310 g/mol. The maximum atomic E-state index is 11.9. The minimum absolute atomic E-state index is 0.303. The second-order valence-corrected chi connectivity index (χ2v) is 8.57. The van der Waals surface area contributed by atoms with Crippen molar-refractivity contribution in [3.05, 3.63) is 52.4 Å². The summed E-state index contributed by atoms with van der Waals surface area (Å²) in [5.74, 6) is 1.26. The topological polar surface area (TPSA) is 23.5 Å². The van der Waals surface area contributed by atoms with Crippen LogP contribution in [-0.2, 0) is 11.4 Å². The van der Waals surface area contributed by atoms with Crippen molar-refractivity contribution in [1.82, 2.24) is 4.90 Å². The van der Waals surface area contributed by atoms with E-state index in [0.717, 1.165) is 42.8 Å². The molecule has 0 unspecified atom stereocenters. The molecule has 0 radical (unpaired) electrons. The maximum Gasteiger partial charge on any atom is 0.120 e. The molecule has 1 fully saturated rings. The van der Waals surface area contributed by atoms with Crippen molar-refractivity contribution in [3.8, 4) is 0 Å². The summed E-state index contributed by atoms with van der Waals surface area (Å²) in [5, 5.41) is 14.1. The van der Waals surface area contributed by atoms with E-state index >= 15 is 0 Å². The lowest BCUT2D eigenvalue weighted by Crippen LogP contribution is -2.43. The van der Waals surface area contributed by atoms with Crippen LogP contribution in [0.15, 0.2) is 39.9 Å². The summed E-state index contributed by atoms with van der Waals surface area (Å²) in [5.41, 5.74) is 2.74. The Morgan fingerprint density at radius 1 is 1.14 bits per heavy atom. The van der Waals surface area contributed by atoms with Crippen LogP contribution in [-0.4, -0.2) is 30.1 Å². The van der Waals surface area contributed by atoms with Gasteiger partial charge < -0.3 is 10.0 Å². The van der Waals surface area contributed by atoms with Crippen LogP contribution in [0.4, 0.5) is 0 Å². The fraction of sp³-hybridized carbons (Fsp3) is 0.444. The van der Waals surface area contributed by atoms with Gasteiger partial charge in [0.15, 0.2) is 0 Å². The van der Waals surface area contributed by atoms with Gasteiger partial charge in [-0.1, -0.05) is 24.3 Å². The first-order valence-electron chi connectivity index (χ1n) is 7.89. The van der Waals surface area contributed by atoms with Gasteiger partial charge in [-0.2, -0.15) is 0 Å². The van der Waals surface area contributed by atoms with Crippen molar-refractivity contribution in [3.63, 3.8) is 0 Å². The van der Waals surface area contributed by atoms with Crippen molar-refractivity contribution < 1.29 is 5.11 Å². The first kappa shape index (κ1) is 14.8. The smallest absolute Gasteiger partial charge is 0.120 e. The van der Waals surface area contributed by atoms with Gasteiger partial charge in [-0.25, -0.2) is 0 Å². The maximum absolute atomic E-state index is 11.9. The summed E-state index contributed by atoms with van der Waals surface area (Å²) in [6, 6.07) is 10.6. The highest BCUT2D eigenvalue weighted by Crippen LogP contribution is 2.51. The highest BCUT2D eigenvalue weighted by atomic mass is 32.2. The number of thioether (sulfide) groups is 1. The number of hydrogen-bond donors (Lipinski definition) is 1. The molecule has 116 valence electrons. The van der Waals surface area contributed by atoms with Crippen molar-refractivity contribution in [2.24, 2.45) is 5.92 Å². The number of fused-ring (bicyclic) bond motifs is 2. The van der Waals surface area contributed by atoms with Gasteiger partial charge in [0, 0.05) is 11.3 Å². The van der Waals surface area contributed by atoms with E-state index < -0.39 is 5.60 Å². The fourth-order valence-corrected chi connectivity index (χ4v) is 6.07. The molecule has 1 atom stereocenters. The first-order chi connectivity index (χ1) is 10.7. The standard InChI is InChI=1S/C18H21NOS2/c1-19-9-6-14(7-10-19)18(20)15-5-3-2-4-13(15)12-22-17-16(18)8-11-21-17/h2-5,8,11,14,20H,6-7,9-10,12H2,1H3/t18-/m0/s1. The van der Waals surface area contributed by atoms with Crippen molar-refractivity contribution in [1.29, 1.82) is 0 Å². The lowest BCUT2D eigenvalue weighted by molar-refractivity contribution is -0.0126. The first-order valence-corrected chi connectivity index (χ1v) is 9.76. The number of nitrogens with zero attached hydrogens (tertiary/aromatic N) is 1. The number of likely N-dealkylation sites (tertiary alicyclic amines) is 1. The van der Waals surface area contributed by atoms with E-state index in [1.807, 2.05) is 11.8 Å². The van der Waals surface area contributed by atoms with E-state index in [4.69, 9.17) is 0 Å². The third-order valence-electron chi connectivity index (χ3n) is 5.14. The van der Waals surface area contributed by atoms with Crippen LogP contribution in [0.2, 0.25) is 0 Å². The Labute approximate surface area is 140 Å². The van der Waals surface area contributed by atoms with Gasteiger partial charge >= 0.3 is 0 Å². The summed E-state index contributed by atoms with van der Waals surface area (Å²) in [7, 11) is 2.17. The molecule has 22 heavy (non-hydrogen) atoms. The fourth-order valence-electron chi connectivity index (χ4n) is 3.86. The molecule has 2 aromatic rings. The van der Waals surface area contributed by atoms with E-state index in [2.05, 4.69) is 47.7 Å². The van der Waals surface area contributed by atoms with Crippen LogP contribution in [0.1, 0.15) is 29.5 Å². The molecule has 1 aromatic heterocycles. The second-order valence-electron chi connectivity index (χ2n) is 6.41. The van der Waals surface area contributed by atoms with Crippen LogP contribution in [0, 0.1) is 5.92 Å². The predicted octanol–water partition coefficient (Wildman–Crippen LogP) is 3.93. The molecule has 0 bridgehead atoms. The molecule has 1 N–H and O–H groups in total. The van der Waals surface area contributed by atoms with Gasteiger partial charge in [0.1, 0.15) is 5.60 Å². The van der Waals surface area contributed by atoms with Crippen LogP contribution < -0.4 is 0 Å². The van der Waals surface area contributed by atoms with Crippen molar-refractivity contribution in [2.75, 3.05) is 20.1 Å². The van der Waals surface area contributed by atoms with Crippen LogP contribution in [0.25, 0.3) is 0 Å². The van der Waals surface area contributed by atoms with E-state index in [-0.39, 0.29) is 0 Å². The SMILES string of the molecule is CN1CCC([C@]2(O)c3ccccc3CSc3sccc32)CC1. The number of hydrogen-bond acceptors (Lipinski definition) is 4. The van der Waals surface area contributed by atoms with Gasteiger partial charge in [0.25, 0.3) is 0 Å². The second kappa shape index (κ2) is 5.68. The summed E-state index contributed by atoms with van der Waals surface area (Å²) >= 11 is 3.64. The van der Waals surface area contributed by atoms with Crippen molar-refractivity contribution >= 4 is 23.1 Å². The average molecular weight is 332 g/mol. The summed E-state index contributed by atoms with van der Waals surface area (Å²) in [6.45, 7) is 2.14. The van der Waals surface area contributed by atoms with Crippen LogP contribution >= 0.6 is 23.1 Å². The lowest BCUT2D eigenvalue weighted by atomic mass is 9.71. The number of benzene rings is 1. The number of rotatable bonds is 1. The Balaban J connectivity index is 1.86. The van der Waals surface area contributed by atoms with E-state index in [1.165, 1.54) is 9.77 Å². The zero-order chi connectivity index (χ0) is 15.2. The summed E-state index contributed by atoms with van der Waals surface area (Å²) in [6.07, 6.45) is 2.11. The number of thiophene rings is 1. The quantitative estimate of drug-likeness (QED) is 0.856. The Hall–Kier alpha value is -0.810. The molecule has 3 heterocycles.